The molecule has 0 spiro atoms. The van der Waals surface area contributed by atoms with E-state index in [1.807, 2.05) is 0 Å². The molecule has 0 saturated heterocycles. The highest BCUT2D eigenvalue weighted by molar-refractivity contribution is 9.10. The first-order valence-electron chi connectivity index (χ1n) is 4.33. The predicted octanol–water partition coefficient (Wildman–Crippen LogP) is 4.17. The van der Waals surface area contributed by atoms with E-state index in [2.05, 4.69) is 31.9 Å². The Morgan fingerprint density at radius 3 is 2.56 bits per heavy atom. The predicted molar refractivity (Wildman–Crippen MR) is 63.9 cm³/mol. The number of ketones is 1. The van der Waals surface area contributed by atoms with Gasteiger partial charge in [0.15, 0.2) is 10.4 Å². The smallest absolute Gasteiger partial charge is 0.229 e. The van der Waals surface area contributed by atoms with Crippen molar-refractivity contribution < 1.29 is 13.6 Å². The lowest BCUT2D eigenvalue weighted by Crippen LogP contribution is -2.01. The number of carbonyl (C=O) groups is 1. The lowest BCUT2D eigenvalue weighted by molar-refractivity contribution is 0.101. The van der Waals surface area contributed by atoms with E-state index in [0.717, 1.165) is 0 Å². The van der Waals surface area contributed by atoms with Gasteiger partial charge in [-0.2, -0.15) is 0 Å². The summed E-state index contributed by atoms with van der Waals surface area (Å²) >= 11 is 6.14. The molecule has 0 aliphatic rings. The van der Waals surface area contributed by atoms with Crippen LogP contribution in [0.25, 0.3) is 0 Å². The molecule has 2 rings (SSSR count). The molecule has 82 valence electrons. The Morgan fingerprint density at radius 1 is 1.19 bits per heavy atom. The van der Waals surface area contributed by atoms with E-state index in [1.165, 1.54) is 24.3 Å². The second-order valence-electron chi connectivity index (χ2n) is 3.03. The van der Waals surface area contributed by atoms with Crippen LogP contribution in [0.4, 0.5) is 4.39 Å². The maximum atomic E-state index is 13.2. The lowest BCUT2D eigenvalue weighted by Gasteiger charge is -2.01. The van der Waals surface area contributed by atoms with Crippen molar-refractivity contribution in [1.29, 1.82) is 0 Å². The molecule has 16 heavy (non-hydrogen) atoms. The first-order chi connectivity index (χ1) is 7.59. The van der Waals surface area contributed by atoms with Crippen LogP contribution in [0.1, 0.15) is 16.1 Å². The van der Waals surface area contributed by atoms with Gasteiger partial charge in [-0.05, 0) is 56.1 Å². The summed E-state index contributed by atoms with van der Waals surface area (Å²) in [6, 6.07) is 7.43. The Hall–Kier alpha value is -0.940. The average molecular weight is 348 g/mol. The fraction of sp³-hybridized carbons (Fsp3) is 0. The molecule has 2 aromatic rings. The van der Waals surface area contributed by atoms with E-state index in [-0.39, 0.29) is 21.6 Å². The first-order valence-corrected chi connectivity index (χ1v) is 5.92. The van der Waals surface area contributed by atoms with Crippen LogP contribution in [0, 0.1) is 5.82 Å². The first kappa shape index (κ1) is 11.5. The minimum atomic E-state index is -0.475. The third kappa shape index (κ3) is 2.10. The Bertz CT molecular complexity index is 549. The molecule has 0 atom stereocenters. The molecule has 0 radical (unpaired) electrons. The summed E-state index contributed by atoms with van der Waals surface area (Å²) in [4.78, 5) is 11.9. The van der Waals surface area contributed by atoms with Gasteiger partial charge in [0.05, 0.1) is 4.47 Å². The second-order valence-corrected chi connectivity index (χ2v) is 4.61. The second kappa shape index (κ2) is 4.51. The zero-order chi connectivity index (χ0) is 11.7. The van der Waals surface area contributed by atoms with Crippen LogP contribution in [-0.4, -0.2) is 5.78 Å². The minimum absolute atomic E-state index is 0.146. The Labute approximate surface area is 108 Å². The molecule has 0 bridgehead atoms. The zero-order valence-corrected chi connectivity index (χ0v) is 11.0. The van der Waals surface area contributed by atoms with Crippen molar-refractivity contribution in [2.24, 2.45) is 0 Å². The molecular formula is C11H5Br2FO2. The van der Waals surface area contributed by atoms with Crippen LogP contribution in [0.3, 0.4) is 0 Å². The van der Waals surface area contributed by atoms with Gasteiger partial charge in [0.25, 0.3) is 0 Å². The van der Waals surface area contributed by atoms with Crippen molar-refractivity contribution in [3.63, 3.8) is 0 Å². The summed E-state index contributed by atoms with van der Waals surface area (Å²) in [5.74, 6) is -0.674. The summed E-state index contributed by atoms with van der Waals surface area (Å²) in [5.41, 5.74) is 0.238. The van der Waals surface area contributed by atoms with Gasteiger partial charge in [0, 0.05) is 5.56 Å². The maximum absolute atomic E-state index is 13.2. The number of halogens is 3. The standard InChI is InChI=1S/C11H5Br2FO2/c12-9-5-4-8(16-9)11(15)6-2-1-3-7(14)10(6)13/h1-5H. The van der Waals surface area contributed by atoms with E-state index in [1.54, 1.807) is 6.07 Å². The number of hydrogen-bond acceptors (Lipinski definition) is 2. The topological polar surface area (TPSA) is 30.2 Å². The molecule has 0 fully saturated rings. The zero-order valence-electron chi connectivity index (χ0n) is 7.84. The molecule has 0 amide bonds. The Balaban J connectivity index is 2.45. The molecule has 0 aliphatic carbocycles. The van der Waals surface area contributed by atoms with E-state index >= 15 is 0 Å². The average Bonchev–Trinajstić information content (AvgIpc) is 2.68. The largest absolute Gasteiger partial charge is 0.446 e. The van der Waals surface area contributed by atoms with Gasteiger partial charge < -0.3 is 4.42 Å². The van der Waals surface area contributed by atoms with Gasteiger partial charge in [0.1, 0.15) is 5.82 Å². The summed E-state index contributed by atoms with van der Waals surface area (Å²) in [6.07, 6.45) is 0. The number of carbonyl (C=O) groups excluding carboxylic acids is 1. The fourth-order valence-electron chi connectivity index (χ4n) is 1.25. The van der Waals surface area contributed by atoms with Crippen LogP contribution in [0.2, 0.25) is 0 Å². The van der Waals surface area contributed by atoms with Crippen LogP contribution >= 0.6 is 31.9 Å². The number of rotatable bonds is 2. The van der Waals surface area contributed by atoms with Crippen molar-refractivity contribution in [2.45, 2.75) is 0 Å². The van der Waals surface area contributed by atoms with Crippen LogP contribution in [0.15, 0.2) is 43.9 Å². The molecule has 0 aliphatic heterocycles. The molecule has 1 aromatic carbocycles. The minimum Gasteiger partial charge on any atom is -0.446 e. The van der Waals surface area contributed by atoms with Crippen molar-refractivity contribution in [1.82, 2.24) is 0 Å². The molecule has 5 heteroatoms. The molecular weight excluding hydrogens is 343 g/mol. The van der Waals surface area contributed by atoms with Crippen molar-refractivity contribution in [3.8, 4) is 0 Å². The van der Waals surface area contributed by atoms with Crippen LogP contribution < -0.4 is 0 Å². The van der Waals surface area contributed by atoms with Crippen molar-refractivity contribution in [3.05, 3.63) is 56.6 Å². The van der Waals surface area contributed by atoms with Gasteiger partial charge >= 0.3 is 0 Å². The van der Waals surface area contributed by atoms with Gasteiger partial charge in [0.2, 0.25) is 5.78 Å². The SMILES string of the molecule is O=C(c1ccc(Br)o1)c1cccc(F)c1Br. The van der Waals surface area contributed by atoms with Gasteiger partial charge in [-0.25, -0.2) is 4.39 Å². The van der Waals surface area contributed by atoms with E-state index < -0.39 is 5.82 Å². The summed E-state index contributed by atoms with van der Waals surface area (Å²) in [5, 5.41) is 0. The molecule has 0 N–H and O–H groups in total. The van der Waals surface area contributed by atoms with Gasteiger partial charge in [-0.15, -0.1) is 0 Å². The van der Waals surface area contributed by atoms with Gasteiger partial charge in [-0.3, -0.25) is 4.79 Å². The highest BCUT2D eigenvalue weighted by Gasteiger charge is 2.17. The third-order valence-electron chi connectivity index (χ3n) is 1.99. The number of furan rings is 1. The number of benzene rings is 1. The maximum Gasteiger partial charge on any atom is 0.229 e. The Kier molecular flexibility index (Phi) is 3.25. The molecule has 0 saturated carbocycles. The van der Waals surface area contributed by atoms with Crippen molar-refractivity contribution in [2.75, 3.05) is 0 Å². The van der Waals surface area contributed by atoms with E-state index in [0.29, 0.717) is 4.67 Å². The van der Waals surface area contributed by atoms with Crippen LogP contribution in [-0.2, 0) is 0 Å². The molecule has 0 unspecified atom stereocenters. The summed E-state index contributed by atoms with van der Waals surface area (Å²) in [7, 11) is 0. The highest BCUT2D eigenvalue weighted by Crippen LogP contribution is 2.24. The van der Waals surface area contributed by atoms with Crippen molar-refractivity contribution >= 4 is 37.6 Å². The monoisotopic (exact) mass is 346 g/mol. The normalized spacial score (nSPS) is 10.4. The molecule has 1 heterocycles. The highest BCUT2D eigenvalue weighted by atomic mass is 79.9. The van der Waals surface area contributed by atoms with Crippen LogP contribution in [0.5, 0.6) is 0 Å². The summed E-state index contributed by atoms with van der Waals surface area (Å²) in [6.45, 7) is 0. The number of hydrogen-bond donors (Lipinski definition) is 0. The summed E-state index contributed by atoms with van der Waals surface area (Å²) < 4.78 is 18.9. The quantitative estimate of drug-likeness (QED) is 0.763. The lowest BCUT2D eigenvalue weighted by atomic mass is 10.1. The van der Waals surface area contributed by atoms with E-state index in [4.69, 9.17) is 4.42 Å². The third-order valence-corrected chi connectivity index (χ3v) is 3.23. The van der Waals surface area contributed by atoms with E-state index in [9.17, 15) is 9.18 Å². The van der Waals surface area contributed by atoms with Gasteiger partial charge in [-0.1, -0.05) is 6.07 Å². The molecule has 2 nitrogen and oxygen atoms in total. The fourth-order valence-corrected chi connectivity index (χ4v) is 2.00. The molecule has 1 aromatic heterocycles. The Morgan fingerprint density at radius 2 is 1.94 bits per heavy atom.